The van der Waals surface area contributed by atoms with Crippen LogP contribution in [-0.4, -0.2) is 18.9 Å². The Morgan fingerprint density at radius 2 is 2.15 bits per heavy atom. The lowest BCUT2D eigenvalue weighted by Gasteiger charge is -2.28. The molecule has 0 bridgehead atoms. The molecule has 0 aromatic carbocycles. The first-order valence-corrected chi connectivity index (χ1v) is 10.4. The van der Waals surface area contributed by atoms with Gasteiger partial charge in [-0.25, -0.2) is 13.6 Å². The van der Waals surface area contributed by atoms with Crippen molar-refractivity contribution in [1.82, 2.24) is 9.97 Å². The molecule has 7 heteroatoms. The Balaban J connectivity index is 1.67. The van der Waals surface area contributed by atoms with Crippen molar-refractivity contribution in [2.75, 3.05) is 0 Å². The first kappa shape index (κ1) is 17.8. The largest absolute Gasteiger partial charge is 0.440 e. The van der Waals surface area contributed by atoms with E-state index in [4.69, 9.17) is 9.56 Å². The van der Waals surface area contributed by atoms with Gasteiger partial charge in [-0.1, -0.05) is 0 Å². The van der Waals surface area contributed by atoms with E-state index in [2.05, 4.69) is 9.97 Å². The minimum absolute atomic E-state index is 0.107. The Morgan fingerprint density at radius 1 is 1.38 bits per heavy atom. The molecule has 2 aliphatic carbocycles. The average Bonchev–Trinajstić information content (AvgIpc) is 3.34. The second kappa shape index (κ2) is 6.53. The summed E-state index contributed by atoms with van der Waals surface area (Å²) in [4.78, 5) is 8.79. The molecule has 1 fully saturated rings. The second-order valence-electron chi connectivity index (χ2n) is 8.04. The lowest BCUT2D eigenvalue weighted by atomic mass is 9.84. The third-order valence-electron chi connectivity index (χ3n) is 5.45. The highest BCUT2D eigenvalue weighted by Crippen LogP contribution is 2.42. The minimum Gasteiger partial charge on any atom is -0.440 e. The molecule has 1 unspecified atom stereocenters. The van der Waals surface area contributed by atoms with Gasteiger partial charge in [0.1, 0.15) is 5.76 Å². The van der Waals surface area contributed by atoms with Gasteiger partial charge in [0.25, 0.3) is 0 Å². The van der Waals surface area contributed by atoms with Gasteiger partial charge in [-0.2, -0.15) is 0 Å². The number of aromatic nitrogens is 2. The number of nitrogens with zero attached hydrogens (tertiary/aromatic N) is 2. The summed E-state index contributed by atoms with van der Waals surface area (Å²) in [6, 6.07) is 1.78. The number of nitrogens with two attached hydrogens (primary N) is 1. The summed E-state index contributed by atoms with van der Waals surface area (Å²) in [5.41, 5.74) is 2.18. The van der Waals surface area contributed by atoms with E-state index in [9.17, 15) is 8.60 Å². The zero-order valence-electron chi connectivity index (χ0n) is 15.1. The molecule has 2 aromatic heterocycles. The van der Waals surface area contributed by atoms with Crippen molar-refractivity contribution in [2.24, 2.45) is 5.14 Å². The van der Waals surface area contributed by atoms with Crippen LogP contribution < -0.4 is 5.14 Å². The molecule has 140 valence electrons. The number of hydrogen-bond acceptors (Lipinski definition) is 4. The quantitative estimate of drug-likeness (QED) is 0.855. The van der Waals surface area contributed by atoms with Gasteiger partial charge in [0.05, 0.1) is 33.2 Å². The fourth-order valence-electron chi connectivity index (χ4n) is 3.72. The summed E-state index contributed by atoms with van der Waals surface area (Å²) in [6.45, 7) is 3.80. The van der Waals surface area contributed by atoms with Gasteiger partial charge in [-0.3, -0.25) is 10.1 Å². The van der Waals surface area contributed by atoms with E-state index < -0.39 is 21.5 Å². The Kier molecular flexibility index (Phi) is 4.47. The molecule has 5 nitrogen and oxygen atoms in total. The predicted molar refractivity (Wildman–Crippen MR) is 98.4 cm³/mol. The Labute approximate surface area is 155 Å². The van der Waals surface area contributed by atoms with Gasteiger partial charge < -0.3 is 4.42 Å². The zero-order valence-corrected chi connectivity index (χ0v) is 15.9. The monoisotopic (exact) mass is 377 g/mol. The second-order valence-corrected chi connectivity index (χ2v) is 9.74. The third kappa shape index (κ3) is 3.34. The van der Waals surface area contributed by atoms with Crippen LogP contribution in [0.3, 0.4) is 0 Å². The maximum absolute atomic E-state index is 14.4. The van der Waals surface area contributed by atoms with Crippen molar-refractivity contribution < 1.29 is 13.0 Å². The molecule has 0 aliphatic heterocycles. The van der Waals surface area contributed by atoms with Crippen molar-refractivity contribution in [1.29, 1.82) is 0 Å². The number of oxazole rings is 1. The molecule has 0 spiro atoms. The average molecular weight is 377 g/mol. The van der Waals surface area contributed by atoms with E-state index in [1.807, 2.05) is 13.8 Å². The van der Waals surface area contributed by atoms with Crippen molar-refractivity contribution in [3.8, 4) is 11.5 Å². The van der Waals surface area contributed by atoms with Crippen LogP contribution in [0.25, 0.3) is 11.5 Å². The lowest BCUT2D eigenvalue weighted by molar-refractivity contribution is 0.382. The SMILES string of the molecule is CC(C)(C[C@@H]1CCCc2nc(-c3cc(C4CC4)ncc3F)oc21)S(N)=O. The summed E-state index contributed by atoms with van der Waals surface area (Å²) in [7, 11) is -1.42. The standard InChI is InChI=1S/C19H24FN3O2S/c1-19(2,26(21)24)9-12-4-3-5-15-17(12)25-18(23-15)13-8-16(11-6-7-11)22-10-14(13)20/h8,10-12H,3-7,9,21H2,1-2H3/t12-,26?/m0/s1. The number of hydrogen-bond donors (Lipinski definition) is 1. The van der Waals surface area contributed by atoms with Crippen LogP contribution in [0.15, 0.2) is 16.7 Å². The Morgan fingerprint density at radius 3 is 2.85 bits per heavy atom. The Hall–Kier alpha value is -1.60. The maximum Gasteiger partial charge on any atom is 0.229 e. The minimum atomic E-state index is -1.42. The number of fused-ring (bicyclic) bond motifs is 1. The molecule has 2 heterocycles. The van der Waals surface area contributed by atoms with E-state index in [-0.39, 0.29) is 5.92 Å². The van der Waals surface area contributed by atoms with Gasteiger partial charge in [0.2, 0.25) is 5.89 Å². The van der Waals surface area contributed by atoms with Gasteiger partial charge >= 0.3 is 0 Å². The van der Waals surface area contributed by atoms with Crippen LogP contribution in [-0.2, 0) is 17.4 Å². The first-order chi connectivity index (χ1) is 12.3. The summed E-state index contributed by atoms with van der Waals surface area (Å²) in [6.07, 6.45) is 6.89. The number of aryl methyl sites for hydroxylation is 1. The first-order valence-electron chi connectivity index (χ1n) is 9.17. The van der Waals surface area contributed by atoms with Crippen molar-refractivity contribution in [2.45, 2.75) is 69.0 Å². The third-order valence-corrected chi connectivity index (χ3v) is 6.71. The van der Waals surface area contributed by atoms with E-state index in [0.29, 0.717) is 23.8 Å². The number of pyridine rings is 1. The number of halogens is 1. The molecular weight excluding hydrogens is 353 g/mol. The van der Waals surface area contributed by atoms with Crippen LogP contribution in [0.1, 0.15) is 74.9 Å². The van der Waals surface area contributed by atoms with Crippen LogP contribution in [0.5, 0.6) is 0 Å². The van der Waals surface area contributed by atoms with Crippen LogP contribution in [0, 0.1) is 5.82 Å². The highest BCUT2D eigenvalue weighted by molar-refractivity contribution is 7.84. The Bertz CT molecular complexity index is 860. The molecular formula is C19H24FN3O2S. The predicted octanol–water partition coefficient (Wildman–Crippen LogP) is 3.96. The van der Waals surface area contributed by atoms with Crippen LogP contribution >= 0.6 is 0 Å². The van der Waals surface area contributed by atoms with Gasteiger partial charge in [-0.05, 0) is 58.4 Å². The van der Waals surface area contributed by atoms with Gasteiger partial charge in [-0.15, -0.1) is 0 Å². The van der Waals surface area contributed by atoms with Gasteiger partial charge in [0.15, 0.2) is 5.82 Å². The molecule has 26 heavy (non-hydrogen) atoms. The summed E-state index contributed by atoms with van der Waals surface area (Å²) in [5.74, 6) is 1.26. The highest BCUT2D eigenvalue weighted by Gasteiger charge is 2.35. The molecule has 0 saturated heterocycles. The molecule has 2 atom stereocenters. The van der Waals surface area contributed by atoms with E-state index in [1.165, 1.54) is 6.20 Å². The van der Waals surface area contributed by atoms with Crippen molar-refractivity contribution >= 4 is 11.0 Å². The fraction of sp³-hybridized carbons (Fsp3) is 0.579. The van der Waals surface area contributed by atoms with Crippen LogP contribution in [0.2, 0.25) is 0 Å². The zero-order chi connectivity index (χ0) is 18.5. The summed E-state index contributed by atoms with van der Waals surface area (Å²) in [5, 5.41) is 5.64. The normalized spacial score (nSPS) is 21.5. The smallest absolute Gasteiger partial charge is 0.229 e. The molecule has 0 amide bonds. The topological polar surface area (TPSA) is 82.0 Å². The van der Waals surface area contributed by atoms with Gasteiger partial charge in [0, 0.05) is 17.5 Å². The molecule has 0 radical (unpaired) electrons. The lowest BCUT2D eigenvalue weighted by Crippen LogP contribution is -2.34. The van der Waals surface area contributed by atoms with E-state index >= 15 is 0 Å². The molecule has 2 aliphatic rings. The molecule has 2 aromatic rings. The molecule has 1 saturated carbocycles. The van der Waals surface area contributed by atoms with Crippen LogP contribution in [0.4, 0.5) is 4.39 Å². The van der Waals surface area contributed by atoms with Crippen molar-refractivity contribution in [3.05, 3.63) is 35.2 Å². The molecule has 4 rings (SSSR count). The highest BCUT2D eigenvalue weighted by atomic mass is 32.2. The van der Waals surface area contributed by atoms with E-state index in [1.54, 1.807) is 6.07 Å². The van der Waals surface area contributed by atoms with Crippen molar-refractivity contribution in [3.63, 3.8) is 0 Å². The molecule has 2 N–H and O–H groups in total. The number of rotatable bonds is 5. The fourth-order valence-corrected chi connectivity index (χ4v) is 4.08. The summed E-state index contributed by atoms with van der Waals surface area (Å²) >= 11 is 0. The summed E-state index contributed by atoms with van der Waals surface area (Å²) < 4.78 is 31.7. The maximum atomic E-state index is 14.4. The van der Waals surface area contributed by atoms with E-state index in [0.717, 1.165) is 49.3 Å².